The van der Waals surface area contributed by atoms with Crippen LogP contribution in [0.15, 0.2) is 18.2 Å². The Labute approximate surface area is 97.6 Å². The molecule has 0 unspecified atom stereocenters. The maximum atomic E-state index is 10.9. The van der Waals surface area contributed by atoms with Crippen LogP contribution < -0.4 is 0 Å². The van der Waals surface area contributed by atoms with E-state index >= 15 is 0 Å². The van der Waals surface area contributed by atoms with Gasteiger partial charge in [-0.3, -0.25) is 4.79 Å². The van der Waals surface area contributed by atoms with E-state index in [0.717, 1.165) is 0 Å². The minimum atomic E-state index is -1.04. The Kier molecular flexibility index (Phi) is 4.39. The zero-order valence-corrected chi connectivity index (χ0v) is 9.55. The summed E-state index contributed by atoms with van der Waals surface area (Å²) in [4.78, 5) is 10.9. The zero-order chi connectivity index (χ0) is 11.4. The van der Waals surface area contributed by atoms with Crippen molar-refractivity contribution in [3.63, 3.8) is 0 Å². The van der Waals surface area contributed by atoms with Crippen molar-refractivity contribution in [2.45, 2.75) is 12.5 Å². The number of aliphatic hydroxyl groups is 1. The highest BCUT2D eigenvalue weighted by Gasteiger charge is 2.18. The van der Waals surface area contributed by atoms with Crippen LogP contribution in [-0.2, 0) is 9.53 Å². The fourth-order valence-corrected chi connectivity index (χ4v) is 1.82. The van der Waals surface area contributed by atoms with Crippen molar-refractivity contribution in [3.05, 3.63) is 33.8 Å². The maximum absolute atomic E-state index is 10.9. The van der Waals surface area contributed by atoms with Crippen LogP contribution in [0.3, 0.4) is 0 Å². The van der Waals surface area contributed by atoms with Gasteiger partial charge in [0.25, 0.3) is 0 Å². The molecular formula is C10H10Cl2O3. The summed E-state index contributed by atoms with van der Waals surface area (Å²) in [6, 6.07) is 4.87. The van der Waals surface area contributed by atoms with Gasteiger partial charge in [0.1, 0.15) is 0 Å². The molecular weight excluding hydrogens is 239 g/mol. The quantitative estimate of drug-likeness (QED) is 0.837. The Balaban J connectivity index is 2.90. The van der Waals surface area contributed by atoms with E-state index < -0.39 is 12.1 Å². The highest BCUT2D eigenvalue weighted by atomic mass is 35.5. The summed E-state index contributed by atoms with van der Waals surface area (Å²) >= 11 is 11.7. The van der Waals surface area contributed by atoms with Gasteiger partial charge in [-0.1, -0.05) is 29.3 Å². The van der Waals surface area contributed by atoms with Crippen molar-refractivity contribution in [2.75, 3.05) is 7.11 Å². The summed E-state index contributed by atoms with van der Waals surface area (Å²) < 4.78 is 4.44. The lowest BCUT2D eigenvalue weighted by molar-refractivity contribution is -0.142. The molecule has 0 amide bonds. The first-order valence-corrected chi connectivity index (χ1v) is 5.00. The van der Waals surface area contributed by atoms with E-state index in [4.69, 9.17) is 23.2 Å². The molecule has 0 radical (unpaired) electrons. The largest absolute Gasteiger partial charge is 0.469 e. The number of halogens is 2. The Morgan fingerprint density at radius 1 is 1.47 bits per heavy atom. The van der Waals surface area contributed by atoms with Gasteiger partial charge in [-0.25, -0.2) is 0 Å². The summed E-state index contributed by atoms with van der Waals surface area (Å²) in [5, 5.41) is 10.4. The molecule has 15 heavy (non-hydrogen) atoms. The molecule has 3 nitrogen and oxygen atoms in total. The summed E-state index contributed by atoms with van der Waals surface area (Å²) in [5.41, 5.74) is 0.353. The van der Waals surface area contributed by atoms with Gasteiger partial charge in [0.05, 0.1) is 19.6 Å². The first-order chi connectivity index (χ1) is 7.06. The molecule has 0 saturated carbocycles. The van der Waals surface area contributed by atoms with Crippen LogP contribution in [-0.4, -0.2) is 18.2 Å². The average Bonchev–Trinajstić information content (AvgIpc) is 2.17. The highest BCUT2D eigenvalue weighted by Crippen LogP contribution is 2.31. The molecule has 0 aliphatic carbocycles. The summed E-state index contributed by atoms with van der Waals surface area (Å²) in [6.45, 7) is 0. The molecule has 0 heterocycles. The van der Waals surface area contributed by atoms with Crippen molar-refractivity contribution in [3.8, 4) is 0 Å². The van der Waals surface area contributed by atoms with Crippen molar-refractivity contribution >= 4 is 29.2 Å². The van der Waals surface area contributed by atoms with Gasteiger partial charge in [-0.2, -0.15) is 0 Å². The topological polar surface area (TPSA) is 46.5 Å². The summed E-state index contributed by atoms with van der Waals surface area (Å²) in [6.07, 6.45) is -1.21. The molecule has 0 aliphatic heterocycles. The number of hydrogen-bond donors (Lipinski definition) is 1. The van der Waals surface area contributed by atoms with Gasteiger partial charge in [0, 0.05) is 15.6 Å². The molecule has 1 rings (SSSR count). The van der Waals surface area contributed by atoms with E-state index in [1.54, 1.807) is 18.2 Å². The van der Waals surface area contributed by atoms with E-state index in [2.05, 4.69) is 4.74 Å². The molecule has 0 spiro atoms. The molecule has 1 aromatic carbocycles. The van der Waals surface area contributed by atoms with Crippen LogP contribution in [0.4, 0.5) is 0 Å². The van der Waals surface area contributed by atoms with E-state index in [1.807, 2.05) is 0 Å². The number of carbonyl (C=O) groups is 1. The molecule has 0 bridgehead atoms. The van der Waals surface area contributed by atoms with Gasteiger partial charge in [0.15, 0.2) is 0 Å². The lowest BCUT2D eigenvalue weighted by Crippen LogP contribution is -2.08. The van der Waals surface area contributed by atoms with E-state index in [9.17, 15) is 9.90 Å². The third-order valence-electron chi connectivity index (χ3n) is 1.92. The molecule has 5 heteroatoms. The van der Waals surface area contributed by atoms with Crippen molar-refractivity contribution in [1.29, 1.82) is 0 Å². The second-order valence-corrected chi connectivity index (χ2v) is 3.75. The number of carbonyl (C=O) groups excluding carboxylic acids is 1. The fourth-order valence-electron chi connectivity index (χ4n) is 1.17. The first kappa shape index (κ1) is 12.3. The minimum absolute atomic E-state index is 0.167. The molecule has 1 aromatic rings. The molecule has 1 atom stereocenters. The second kappa shape index (κ2) is 5.35. The first-order valence-electron chi connectivity index (χ1n) is 4.25. The predicted molar refractivity (Wildman–Crippen MR) is 58.1 cm³/mol. The van der Waals surface area contributed by atoms with Crippen LogP contribution in [0.5, 0.6) is 0 Å². The normalized spacial score (nSPS) is 12.3. The number of hydrogen-bond acceptors (Lipinski definition) is 3. The van der Waals surface area contributed by atoms with Crippen LogP contribution in [0.25, 0.3) is 0 Å². The monoisotopic (exact) mass is 248 g/mol. The van der Waals surface area contributed by atoms with Crippen LogP contribution in [0.2, 0.25) is 10.0 Å². The van der Waals surface area contributed by atoms with Gasteiger partial charge in [-0.15, -0.1) is 0 Å². The van der Waals surface area contributed by atoms with Crippen LogP contribution >= 0.6 is 23.2 Å². The molecule has 0 aromatic heterocycles. The average molecular weight is 249 g/mol. The Morgan fingerprint density at radius 3 is 2.47 bits per heavy atom. The SMILES string of the molecule is COC(=O)C[C@H](O)c1c(Cl)cccc1Cl. The van der Waals surface area contributed by atoms with E-state index in [-0.39, 0.29) is 6.42 Å². The highest BCUT2D eigenvalue weighted by molar-refractivity contribution is 6.36. The number of rotatable bonds is 3. The fraction of sp³-hybridized carbons (Fsp3) is 0.300. The van der Waals surface area contributed by atoms with E-state index in [1.165, 1.54) is 7.11 Å². The van der Waals surface area contributed by atoms with Crippen molar-refractivity contribution < 1.29 is 14.6 Å². The number of ether oxygens (including phenoxy) is 1. The Hall–Kier alpha value is -0.770. The predicted octanol–water partition coefficient (Wildman–Crippen LogP) is 2.59. The minimum Gasteiger partial charge on any atom is -0.469 e. The zero-order valence-electron chi connectivity index (χ0n) is 8.04. The summed E-state index contributed by atoms with van der Waals surface area (Å²) in [5.74, 6) is -0.515. The van der Waals surface area contributed by atoms with E-state index in [0.29, 0.717) is 15.6 Å². The maximum Gasteiger partial charge on any atom is 0.308 e. The van der Waals surface area contributed by atoms with Crippen molar-refractivity contribution in [2.24, 2.45) is 0 Å². The molecule has 82 valence electrons. The summed E-state index contributed by atoms with van der Waals surface area (Å²) in [7, 11) is 1.25. The lowest BCUT2D eigenvalue weighted by atomic mass is 10.1. The number of methoxy groups -OCH3 is 1. The van der Waals surface area contributed by atoms with Crippen LogP contribution in [0.1, 0.15) is 18.1 Å². The lowest BCUT2D eigenvalue weighted by Gasteiger charge is -2.12. The smallest absolute Gasteiger partial charge is 0.308 e. The molecule has 1 N–H and O–H groups in total. The molecule has 0 saturated heterocycles. The third-order valence-corrected chi connectivity index (χ3v) is 2.58. The number of esters is 1. The van der Waals surface area contributed by atoms with Gasteiger partial charge in [-0.05, 0) is 12.1 Å². The number of aliphatic hydroxyl groups excluding tert-OH is 1. The molecule has 0 aliphatic rings. The third kappa shape index (κ3) is 3.09. The number of benzene rings is 1. The standard InChI is InChI=1S/C10H10Cl2O3/c1-15-9(14)5-8(13)10-6(11)3-2-4-7(10)12/h2-4,8,13H,5H2,1H3/t8-/m0/s1. The Bertz CT molecular complexity index is 345. The Morgan fingerprint density at radius 2 is 2.00 bits per heavy atom. The van der Waals surface area contributed by atoms with Gasteiger partial charge < -0.3 is 9.84 Å². The second-order valence-electron chi connectivity index (χ2n) is 2.93. The van der Waals surface area contributed by atoms with Gasteiger partial charge >= 0.3 is 5.97 Å². The van der Waals surface area contributed by atoms with Crippen LogP contribution in [0, 0.1) is 0 Å². The van der Waals surface area contributed by atoms with Gasteiger partial charge in [0.2, 0.25) is 0 Å². The molecule has 0 fully saturated rings. The van der Waals surface area contributed by atoms with Crippen molar-refractivity contribution in [1.82, 2.24) is 0 Å².